The third-order valence-electron chi connectivity index (χ3n) is 2.27. The molecule has 6 nitrogen and oxygen atoms in total. The lowest BCUT2D eigenvalue weighted by atomic mass is 10.3. The summed E-state index contributed by atoms with van der Waals surface area (Å²) < 4.78 is 31.3. The van der Waals surface area contributed by atoms with E-state index < -0.39 is 22.0 Å². The molecular weight excluding hydrogens is 292 g/mol. The van der Waals surface area contributed by atoms with Crippen LogP contribution in [0, 0.1) is 0 Å². The van der Waals surface area contributed by atoms with Crippen molar-refractivity contribution in [1.82, 2.24) is 4.72 Å². The van der Waals surface area contributed by atoms with Crippen molar-refractivity contribution in [2.24, 2.45) is 5.73 Å². The summed E-state index contributed by atoms with van der Waals surface area (Å²) in [6, 6.07) is 3.04. The lowest BCUT2D eigenvalue weighted by Crippen LogP contribution is -2.42. The van der Waals surface area contributed by atoms with Crippen LogP contribution in [0.4, 0.5) is 0 Å². The first-order valence-electron chi connectivity index (χ1n) is 5.52. The Morgan fingerprint density at radius 2 is 2.16 bits per heavy atom. The monoisotopic (exact) mass is 306 g/mol. The molecule has 3 N–H and O–H groups in total. The molecule has 0 aliphatic carbocycles. The number of primary amides is 1. The quantitative estimate of drug-likeness (QED) is 0.815. The molecule has 1 amide bonds. The number of sulfonamides is 1. The molecule has 8 heteroatoms. The number of hydrogen-bond donors (Lipinski definition) is 2. The Kier molecular flexibility index (Phi) is 5.16. The highest BCUT2D eigenvalue weighted by Crippen LogP contribution is 2.27. The van der Waals surface area contributed by atoms with Gasteiger partial charge in [0.1, 0.15) is 5.75 Å². The minimum atomic E-state index is -3.85. The Morgan fingerprint density at radius 3 is 2.63 bits per heavy atom. The largest absolute Gasteiger partial charge is 0.492 e. The minimum absolute atomic E-state index is 0.0611. The van der Waals surface area contributed by atoms with Crippen molar-refractivity contribution in [3.05, 3.63) is 23.2 Å². The third kappa shape index (κ3) is 4.09. The van der Waals surface area contributed by atoms with Crippen molar-refractivity contribution in [3.8, 4) is 5.75 Å². The van der Waals surface area contributed by atoms with Gasteiger partial charge in [0.05, 0.1) is 22.6 Å². The van der Waals surface area contributed by atoms with Crippen LogP contribution in [0.2, 0.25) is 5.02 Å². The number of halogens is 1. The number of carbonyl (C=O) groups is 1. The van der Waals surface area contributed by atoms with Crippen LogP contribution in [0.1, 0.15) is 13.8 Å². The van der Waals surface area contributed by atoms with Crippen LogP contribution in [0.3, 0.4) is 0 Å². The van der Waals surface area contributed by atoms with E-state index in [1.807, 2.05) is 0 Å². The van der Waals surface area contributed by atoms with Crippen LogP contribution >= 0.6 is 11.6 Å². The van der Waals surface area contributed by atoms with E-state index in [4.69, 9.17) is 22.1 Å². The fourth-order valence-electron chi connectivity index (χ4n) is 1.28. The summed E-state index contributed by atoms with van der Waals surface area (Å²) in [5.41, 5.74) is 5.00. The van der Waals surface area contributed by atoms with Crippen molar-refractivity contribution in [3.63, 3.8) is 0 Å². The normalized spacial score (nSPS) is 13.0. The molecule has 0 aliphatic heterocycles. The summed E-state index contributed by atoms with van der Waals surface area (Å²) in [4.78, 5) is 10.8. The average Bonchev–Trinajstić information content (AvgIpc) is 2.31. The zero-order chi connectivity index (χ0) is 14.6. The Morgan fingerprint density at radius 1 is 1.53 bits per heavy atom. The van der Waals surface area contributed by atoms with Gasteiger partial charge in [-0.15, -0.1) is 0 Å². The molecule has 0 unspecified atom stereocenters. The summed E-state index contributed by atoms with van der Waals surface area (Å²) in [6.07, 6.45) is 0. The highest BCUT2D eigenvalue weighted by atomic mass is 35.5. The zero-order valence-corrected chi connectivity index (χ0v) is 12.1. The van der Waals surface area contributed by atoms with E-state index in [-0.39, 0.29) is 9.92 Å². The summed E-state index contributed by atoms with van der Waals surface area (Å²) in [5.74, 6) is -0.369. The van der Waals surface area contributed by atoms with Gasteiger partial charge in [0, 0.05) is 0 Å². The van der Waals surface area contributed by atoms with E-state index >= 15 is 0 Å². The summed E-state index contributed by atoms with van der Waals surface area (Å²) >= 11 is 5.90. The molecule has 1 rings (SSSR count). The predicted octanol–water partition coefficient (Wildman–Crippen LogP) is 0.891. The van der Waals surface area contributed by atoms with E-state index in [0.29, 0.717) is 12.4 Å². The molecule has 1 atom stereocenters. The number of hydrogen-bond acceptors (Lipinski definition) is 4. The van der Waals surface area contributed by atoms with Gasteiger partial charge in [0.15, 0.2) is 0 Å². The molecule has 0 saturated heterocycles. The molecule has 1 aromatic rings. The smallest absolute Gasteiger partial charge is 0.241 e. The molecule has 19 heavy (non-hydrogen) atoms. The number of nitrogens with one attached hydrogen (secondary N) is 1. The Labute approximate surface area is 116 Å². The van der Waals surface area contributed by atoms with E-state index in [1.165, 1.54) is 25.1 Å². The predicted molar refractivity (Wildman–Crippen MR) is 71.6 cm³/mol. The molecular formula is C11H15ClN2O4S. The maximum atomic E-state index is 12.0. The van der Waals surface area contributed by atoms with Gasteiger partial charge in [-0.2, -0.15) is 4.72 Å². The summed E-state index contributed by atoms with van der Waals surface area (Å²) in [7, 11) is -3.85. The molecule has 0 bridgehead atoms. The Bertz CT molecular complexity index is 574. The molecule has 0 radical (unpaired) electrons. The van der Waals surface area contributed by atoms with E-state index in [9.17, 15) is 13.2 Å². The highest BCUT2D eigenvalue weighted by molar-refractivity contribution is 7.89. The average molecular weight is 307 g/mol. The standard InChI is InChI=1S/C11H15ClN2O4S/c1-3-18-10-5-4-8(6-9(10)12)19(16,17)14-7(2)11(13)15/h4-7,14H,3H2,1-2H3,(H2,13,15)/t7-/m1/s1. The lowest BCUT2D eigenvalue weighted by Gasteiger charge is -2.12. The maximum Gasteiger partial charge on any atom is 0.241 e. The van der Waals surface area contributed by atoms with Crippen LogP contribution in [0.25, 0.3) is 0 Å². The minimum Gasteiger partial charge on any atom is -0.492 e. The van der Waals surface area contributed by atoms with Crippen LogP contribution in [0.15, 0.2) is 23.1 Å². The van der Waals surface area contributed by atoms with Gasteiger partial charge < -0.3 is 10.5 Å². The molecule has 1 aromatic carbocycles. The number of amides is 1. The van der Waals surface area contributed by atoms with Gasteiger partial charge in [-0.1, -0.05) is 11.6 Å². The second-order valence-electron chi connectivity index (χ2n) is 3.77. The number of nitrogens with two attached hydrogens (primary N) is 1. The topological polar surface area (TPSA) is 98.5 Å². The number of ether oxygens (including phenoxy) is 1. The van der Waals surface area contributed by atoms with Crippen molar-refractivity contribution >= 4 is 27.5 Å². The Balaban J connectivity index is 3.02. The van der Waals surface area contributed by atoms with Gasteiger partial charge >= 0.3 is 0 Å². The fraction of sp³-hybridized carbons (Fsp3) is 0.364. The first-order valence-corrected chi connectivity index (χ1v) is 7.38. The van der Waals surface area contributed by atoms with E-state index in [2.05, 4.69) is 4.72 Å². The van der Waals surface area contributed by atoms with Crippen molar-refractivity contribution in [2.45, 2.75) is 24.8 Å². The van der Waals surface area contributed by atoms with E-state index in [0.717, 1.165) is 0 Å². The Hall–Kier alpha value is -1.31. The van der Waals surface area contributed by atoms with Crippen molar-refractivity contribution in [1.29, 1.82) is 0 Å². The second-order valence-corrected chi connectivity index (χ2v) is 5.89. The SMILES string of the molecule is CCOc1ccc(S(=O)(=O)N[C@H](C)C(N)=O)cc1Cl. The summed E-state index contributed by atoms with van der Waals surface area (Å²) in [5, 5.41) is 0.177. The van der Waals surface area contributed by atoms with Gasteiger partial charge in [-0.3, -0.25) is 4.79 Å². The lowest BCUT2D eigenvalue weighted by molar-refractivity contribution is -0.119. The second kappa shape index (κ2) is 6.23. The van der Waals surface area contributed by atoms with E-state index in [1.54, 1.807) is 6.92 Å². The van der Waals surface area contributed by atoms with Crippen molar-refractivity contribution < 1.29 is 17.9 Å². The first kappa shape index (κ1) is 15.7. The first-order chi connectivity index (χ1) is 8.77. The van der Waals surface area contributed by atoms with Crippen LogP contribution in [-0.4, -0.2) is 27.0 Å². The van der Waals surface area contributed by atoms with Gasteiger partial charge in [-0.25, -0.2) is 8.42 Å². The van der Waals surface area contributed by atoms with Crippen LogP contribution in [-0.2, 0) is 14.8 Å². The van der Waals surface area contributed by atoms with Gasteiger partial charge in [-0.05, 0) is 32.0 Å². The molecule has 0 saturated carbocycles. The molecule has 0 aromatic heterocycles. The third-order valence-corrected chi connectivity index (χ3v) is 4.11. The number of benzene rings is 1. The highest BCUT2D eigenvalue weighted by Gasteiger charge is 2.21. The molecule has 0 heterocycles. The van der Waals surface area contributed by atoms with Gasteiger partial charge in [0.25, 0.3) is 0 Å². The van der Waals surface area contributed by atoms with Crippen LogP contribution < -0.4 is 15.2 Å². The zero-order valence-electron chi connectivity index (χ0n) is 10.5. The number of carbonyl (C=O) groups excluding carboxylic acids is 1. The fourth-order valence-corrected chi connectivity index (χ4v) is 2.82. The molecule has 106 valence electrons. The van der Waals surface area contributed by atoms with Crippen LogP contribution in [0.5, 0.6) is 5.75 Å². The molecule has 0 aliphatic rings. The number of rotatable bonds is 6. The molecule has 0 fully saturated rings. The maximum absolute atomic E-state index is 12.0. The van der Waals surface area contributed by atoms with Gasteiger partial charge in [0.2, 0.25) is 15.9 Å². The molecule has 0 spiro atoms. The van der Waals surface area contributed by atoms with Crippen molar-refractivity contribution in [2.75, 3.05) is 6.61 Å². The summed E-state index contributed by atoms with van der Waals surface area (Å²) in [6.45, 7) is 3.57.